The largest absolute Gasteiger partial charge is 0.338 e. The van der Waals surface area contributed by atoms with Crippen LogP contribution in [0.5, 0.6) is 0 Å². The van der Waals surface area contributed by atoms with Gasteiger partial charge in [-0.25, -0.2) is 4.98 Å². The molecular weight excluding hydrogens is 332 g/mol. The molecular formula is C19H20N4O3. The van der Waals surface area contributed by atoms with Crippen LogP contribution in [0.2, 0.25) is 0 Å². The summed E-state index contributed by atoms with van der Waals surface area (Å²) in [4.78, 5) is 29.0. The van der Waals surface area contributed by atoms with Gasteiger partial charge in [0.1, 0.15) is 5.82 Å². The highest BCUT2D eigenvalue weighted by atomic mass is 16.6. The van der Waals surface area contributed by atoms with Crippen LogP contribution in [0.25, 0.3) is 11.0 Å². The molecule has 0 spiro atoms. The molecule has 134 valence electrons. The van der Waals surface area contributed by atoms with Crippen molar-refractivity contribution in [1.29, 1.82) is 0 Å². The van der Waals surface area contributed by atoms with Crippen LogP contribution in [0.15, 0.2) is 48.5 Å². The monoisotopic (exact) mass is 352 g/mol. The van der Waals surface area contributed by atoms with Crippen LogP contribution in [0, 0.1) is 10.1 Å². The summed E-state index contributed by atoms with van der Waals surface area (Å²) in [6.07, 6.45) is 0.195. The average Bonchev–Trinajstić information content (AvgIpc) is 2.99. The molecule has 0 bridgehead atoms. The lowest BCUT2D eigenvalue weighted by atomic mass is 10.1. The van der Waals surface area contributed by atoms with Crippen LogP contribution in [-0.4, -0.2) is 32.3 Å². The Bertz CT molecular complexity index is 947. The zero-order valence-electron chi connectivity index (χ0n) is 14.8. The second kappa shape index (κ2) is 7.35. The number of carbonyl (C=O) groups excluding carboxylic acids is 1. The topological polar surface area (TPSA) is 81.3 Å². The minimum absolute atomic E-state index is 0.0196. The van der Waals surface area contributed by atoms with Gasteiger partial charge in [-0.05, 0) is 24.6 Å². The van der Waals surface area contributed by atoms with Crippen molar-refractivity contribution in [2.45, 2.75) is 26.4 Å². The summed E-state index contributed by atoms with van der Waals surface area (Å²) in [6, 6.07) is 14.0. The molecule has 7 heteroatoms. The molecule has 0 unspecified atom stereocenters. The van der Waals surface area contributed by atoms with E-state index in [1.165, 1.54) is 12.1 Å². The van der Waals surface area contributed by atoms with Gasteiger partial charge < -0.3 is 9.47 Å². The molecule has 1 aromatic heterocycles. The molecule has 0 fully saturated rings. The molecule has 0 atom stereocenters. The molecule has 7 nitrogen and oxygen atoms in total. The summed E-state index contributed by atoms with van der Waals surface area (Å²) in [5.74, 6) is 0.779. The number of hydrogen-bond donors (Lipinski definition) is 0. The van der Waals surface area contributed by atoms with Crippen molar-refractivity contribution in [3.05, 3.63) is 70.0 Å². The maximum absolute atomic E-state index is 12.5. The lowest BCUT2D eigenvalue weighted by molar-refractivity contribution is -0.384. The Hall–Kier alpha value is -3.22. The summed E-state index contributed by atoms with van der Waals surface area (Å²) < 4.78 is 2.10. The normalized spacial score (nSPS) is 10.8. The molecule has 0 saturated heterocycles. The molecule has 0 radical (unpaired) electrons. The number of likely N-dealkylation sites (N-methyl/N-ethyl adjacent to an activating group) is 1. The number of hydrogen-bond acceptors (Lipinski definition) is 4. The van der Waals surface area contributed by atoms with Gasteiger partial charge in [0.2, 0.25) is 5.91 Å². The predicted molar refractivity (Wildman–Crippen MR) is 98.7 cm³/mol. The first-order chi connectivity index (χ1) is 12.5. The van der Waals surface area contributed by atoms with Gasteiger partial charge in [-0.15, -0.1) is 0 Å². The Morgan fingerprint density at radius 1 is 1.19 bits per heavy atom. The van der Waals surface area contributed by atoms with Crippen molar-refractivity contribution < 1.29 is 9.72 Å². The van der Waals surface area contributed by atoms with Crippen molar-refractivity contribution >= 4 is 22.6 Å². The van der Waals surface area contributed by atoms with Crippen molar-refractivity contribution in [3.63, 3.8) is 0 Å². The Balaban J connectivity index is 1.72. The van der Waals surface area contributed by atoms with Crippen molar-refractivity contribution in [1.82, 2.24) is 14.5 Å². The van der Waals surface area contributed by atoms with Crippen LogP contribution >= 0.6 is 0 Å². The third-order valence-electron chi connectivity index (χ3n) is 4.36. The fourth-order valence-corrected chi connectivity index (χ4v) is 2.94. The van der Waals surface area contributed by atoms with Crippen molar-refractivity contribution in [2.75, 3.05) is 7.05 Å². The Kier molecular flexibility index (Phi) is 4.97. The highest BCUT2D eigenvalue weighted by Crippen LogP contribution is 2.18. The lowest BCUT2D eigenvalue weighted by Gasteiger charge is -2.17. The molecule has 3 rings (SSSR count). The first-order valence-electron chi connectivity index (χ1n) is 8.41. The first-order valence-corrected chi connectivity index (χ1v) is 8.41. The van der Waals surface area contributed by atoms with Crippen molar-refractivity contribution in [2.24, 2.45) is 0 Å². The van der Waals surface area contributed by atoms with E-state index in [2.05, 4.69) is 16.5 Å². The van der Waals surface area contributed by atoms with Crippen LogP contribution in [0.3, 0.4) is 0 Å². The fourth-order valence-electron chi connectivity index (χ4n) is 2.94. The molecule has 1 amide bonds. The number of benzene rings is 2. The number of amides is 1. The fraction of sp³-hybridized carbons (Fsp3) is 0.263. The smallest absolute Gasteiger partial charge is 0.269 e. The molecule has 0 aliphatic heterocycles. The van der Waals surface area contributed by atoms with Crippen LogP contribution in [-0.2, 0) is 24.3 Å². The maximum Gasteiger partial charge on any atom is 0.269 e. The van der Waals surface area contributed by atoms with E-state index in [4.69, 9.17) is 0 Å². The highest BCUT2D eigenvalue weighted by Gasteiger charge is 2.16. The molecule has 2 aromatic carbocycles. The number of non-ortho nitro benzene ring substituents is 1. The number of nitro groups is 1. The van der Waals surface area contributed by atoms with Crippen LogP contribution in [0.1, 0.15) is 18.3 Å². The summed E-state index contributed by atoms with van der Waals surface area (Å²) in [7, 11) is 1.74. The van der Waals surface area contributed by atoms with E-state index in [9.17, 15) is 14.9 Å². The number of imidazole rings is 1. The van der Waals surface area contributed by atoms with Gasteiger partial charge in [0, 0.05) is 25.7 Å². The Morgan fingerprint density at radius 2 is 1.88 bits per heavy atom. The number of carbonyl (C=O) groups is 1. The molecule has 1 heterocycles. The van der Waals surface area contributed by atoms with Gasteiger partial charge in [-0.3, -0.25) is 14.9 Å². The van der Waals surface area contributed by atoms with Gasteiger partial charge in [0.05, 0.1) is 28.9 Å². The number of aromatic nitrogens is 2. The summed E-state index contributed by atoms with van der Waals surface area (Å²) >= 11 is 0. The van der Waals surface area contributed by atoms with E-state index < -0.39 is 4.92 Å². The third-order valence-corrected chi connectivity index (χ3v) is 4.36. The summed E-state index contributed by atoms with van der Waals surface area (Å²) in [5.41, 5.74) is 2.74. The molecule has 3 aromatic rings. The van der Waals surface area contributed by atoms with E-state index in [0.29, 0.717) is 6.54 Å². The van der Waals surface area contributed by atoms with Gasteiger partial charge in [0.15, 0.2) is 0 Å². The molecule has 0 N–H and O–H groups in total. The zero-order chi connectivity index (χ0) is 18.7. The number of fused-ring (bicyclic) bond motifs is 1. The van der Waals surface area contributed by atoms with Crippen molar-refractivity contribution in [3.8, 4) is 0 Å². The second-order valence-electron chi connectivity index (χ2n) is 6.11. The van der Waals surface area contributed by atoms with Gasteiger partial charge in [0.25, 0.3) is 5.69 Å². The number of aryl methyl sites for hydroxylation is 1. The molecule has 0 aliphatic carbocycles. The van der Waals surface area contributed by atoms with Crippen LogP contribution in [0.4, 0.5) is 5.69 Å². The minimum Gasteiger partial charge on any atom is -0.338 e. The molecule has 0 saturated carbocycles. The molecule has 26 heavy (non-hydrogen) atoms. The average molecular weight is 352 g/mol. The summed E-state index contributed by atoms with van der Waals surface area (Å²) in [5, 5.41) is 10.7. The van der Waals surface area contributed by atoms with Gasteiger partial charge in [-0.2, -0.15) is 0 Å². The van der Waals surface area contributed by atoms with Gasteiger partial charge >= 0.3 is 0 Å². The highest BCUT2D eigenvalue weighted by molar-refractivity contribution is 5.79. The Labute approximate surface area is 151 Å². The number of rotatable bonds is 6. The van der Waals surface area contributed by atoms with E-state index in [1.54, 1.807) is 24.1 Å². The first kappa shape index (κ1) is 17.6. The number of nitro benzene ring substituents is 1. The van der Waals surface area contributed by atoms with E-state index in [0.717, 1.165) is 29.0 Å². The standard InChI is InChI=1S/C19H20N4O3/c1-3-22-17-7-5-4-6-16(17)20-18(22)13-21(2)19(24)12-14-8-10-15(11-9-14)23(25)26/h4-11H,3,12-13H2,1-2H3. The third kappa shape index (κ3) is 3.56. The molecule has 0 aliphatic rings. The van der Waals surface area contributed by atoms with E-state index >= 15 is 0 Å². The van der Waals surface area contributed by atoms with E-state index in [1.807, 2.05) is 24.3 Å². The van der Waals surface area contributed by atoms with Gasteiger partial charge in [-0.1, -0.05) is 24.3 Å². The predicted octanol–water partition coefficient (Wildman–Crippen LogP) is 3.17. The van der Waals surface area contributed by atoms with Crippen LogP contribution < -0.4 is 0 Å². The van der Waals surface area contributed by atoms with E-state index in [-0.39, 0.29) is 18.0 Å². The SMILES string of the molecule is CCn1c(CN(C)C(=O)Cc2ccc([N+](=O)[O-])cc2)nc2ccccc21. The summed E-state index contributed by atoms with van der Waals surface area (Å²) in [6.45, 7) is 3.24. The number of nitrogens with zero attached hydrogens (tertiary/aromatic N) is 4. The zero-order valence-corrected chi connectivity index (χ0v) is 14.8. The number of para-hydroxylation sites is 2. The minimum atomic E-state index is -0.451. The second-order valence-corrected chi connectivity index (χ2v) is 6.11. The maximum atomic E-state index is 12.5. The quantitative estimate of drug-likeness (QED) is 0.504. The Morgan fingerprint density at radius 3 is 2.54 bits per heavy atom. The lowest BCUT2D eigenvalue weighted by Crippen LogP contribution is -2.29.